The van der Waals surface area contributed by atoms with E-state index in [9.17, 15) is 9.59 Å². The highest BCUT2D eigenvalue weighted by Gasteiger charge is 2.16. The molecule has 0 bridgehead atoms. The van der Waals surface area contributed by atoms with Gasteiger partial charge in [0.2, 0.25) is 5.91 Å². The number of aryl methyl sites for hydroxylation is 1. The van der Waals surface area contributed by atoms with Crippen molar-refractivity contribution in [3.8, 4) is 11.8 Å². The molecule has 2 rings (SSSR count). The number of hydrogen-bond acceptors (Lipinski definition) is 5. The van der Waals surface area contributed by atoms with Gasteiger partial charge in [-0.3, -0.25) is 9.59 Å². The summed E-state index contributed by atoms with van der Waals surface area (Å²) in [5.74, 6) is 0.0860. The SMILES string of the molecule is Cc1ccc(NC(C)C(=O)Nc2cccc(C#N)c2)c(OCC(=O)N(C)C)c1. The number of rotatable bonds is 7. The summed E-state index contributed by atoms with van der Waals surface area (Å²) in [5.41, 5.74) is 2.61. The fourth-order valence-corrected chi connectivity index (χ4v) is 2.35. The summed E-state index contributed by atoms with van der Waals surface area (Å²) in [4.78, 5) is 25.7. The van der Waals surface area contributed by atoms with Crippen LogP contribution >= 0.6 is 0 Å². The number of nitriles is 1. The molecule has 2 amide bonds. The summed E-state index contributed by atoms with van der Waals surface area (Å²) in [6, 6.07) is 13.7. The summed E-state index contributed by atoms with van der Waals surface area (Å²) in [5, 5.41) is 14.9. The van der Waals surface area contributed by atoms with Crippen molar-refractivity contribution in [1.82, 2.24) is 4.90 Å². The summed E-state index contributed by atoms with van der Waals surface area (Å²) in [6.07, 6.45) is 0. The average Bonchev–Trinajstić information content (AvgIpc) is 2.67. The number of ether oxygens (including phenoxy) is 1. The normalized spacial score (nSPS) is 11.1. The van der Waals surface area contributed by atoms with E-state index in [1.807, 2.05) is 31.2 Å². The molecule has 0 aliphatic heterocycles. The van der Waals surface area contributed by atoms with Crippen LogP contribution in [0.3, 0.4) is 0 Å². The summed E-state index contributed by atoms with van der Waals surface area (Å²) < 4.78 is 5.65. The number of anilines is 2. The third-order valence-corrected chi connectivity index (χ3v) is 4.01. The minimum atomic E-state index is -0.569. The Morgan fingerprint density at radius 2 is 1.96 bits per heavy atom. The van der Waals surface area contributed by atoms with E-state index >= 15 is 0 Å². The van der Waals surface area contributed by atoms with Crippen molar-refractivity contribution in [2.45, 2.75) is 19.9 Å². The van der Waals surface area contributed by atoms with Crippen molar-refractivity contribution in [3.63, 3.8) is 0 Å². The number of carbonyl (C=O) groups is 2. The smallest absolute Gasteiger partial charge is 0.259 e. The van der Waals surface area contributed by atoms with Crippen LogP contribution in [0.25, 0.3) is 0 Å². The van der Waals surface area contributed by atoms with E-state index in [0.717, 1.165) is 5.56 Å². The Hall–Kier alpha value is -3.53. The maximum absolute atomic E-state index is 12.5. The van der Waals surface area contributed by atoms with Gasteiger partial charge in [-0.15, -0.1) is 0 Å². The van der Waals surface area contributed by atoms with Gasteiger partial charge in [0.1, 0.15) is 11.8 Å². The second-order valence-corrected chi connectivity index (χ2v) is 6.62. The first kappa shape index (κ1) is 20.8. The van der Waals surface area contributed by atoms with E-state index in [0.29, 0.717) is 22.7 Å². The predicted octanol–water partition coefficient (Wildman–Crippen LogP) is 2.77. The lowest BCUT2D eigenvalue weighted by atomic mass is 10.2. The molecule has 7 nitrogen and oxygen atoms in total. The van der Waals surface area contributed by atoms with Crippen LogP contribution in [0.1, 0.15) is 18.1 Å². The van der Waals surface area contributed by atoms with Crippen LogP contribution in [0, 0.1) is 18.3 Å². The van der Waals surface area contributed by atoms with Gasteiger partial charge in [-0.1, -0.05) is 12.1 Å². The zero-order valence-electron chi connectivity index (χ0n) is 16.4. The largest absolute Gasteiger partial charge is 0.482 e. The van der Waals surface area contributed by atoms with Crippen LogP contribution in [-0.4, -0.2) is 43.5 Å². The highest BCUT2D eigenvalue weighted by Crippen LogP contribution is 2.26. The Balaban J connectivity index is 2.07. The van der Waals surface area contributed by atoms with Gasteiger partial charge in [0, 0.05) is 19.8 Å². The quantitative estimate of drug-likeness (QED) is 0.770. The van der Waals surface area contributed by atoms with Gasteiger partial charge in [-0.2, -0.15) is 5.26 Å². The molecule has 0 aliphatic carbocycles. The van der Waals surface area contributed by atoms with Crippen molar-refractivity contribution in [2.75, 3.05) is 31.3 Å². The number of amides is 2. The monoisotopic (exact) mass is 380 g/mol. The zero-order chi connectivity index (χ0) is 20.7. The first-order chi connectivity index (χ1) is 13.3. The number of nitrogens with one attached hydrogen (secondary N) is 2. The minimum Gasteiger partial charge on any atom is -0.482 e. The maximum Gasteiger partial charge on any atom is 0.259 e. The summed E-state index contributed by atoms with van der Waals surface area (Å²) in [7, 11) is 3.32. The Morgan fingerprint density at radius 3 is 2.64 bits per heavy atom. The van der Waals surface area contributed by atoms with Gasteiger partial charge in [0.25, 0.3) is 5.91 Å². The standard InChI is InChI=1S/C21H24N4O3/c1-14-8-9-18(19(10-14)28-13-20(26)25(3)4)23-15(2)21(27)24-17-7-5-6-16(11-17)12-22/h5-11,15,23H,13H2,1-4H3,(H,24,27). The lowest BCUT2D eigenvalue weighted by molar-refractivity contribution is -0.130. The van der Waals surface area contributed by atoms with E-state index in [-0.39, 0.29) is 18.4 Å². The number of hydrogen-bond donors (Lipinski definition) is 2. The number of benzene rings is 2. The van der Waals surface area contributed by atoms with Crippen LogP contribution in [-0.2, 0) is 9.59 Å². The Kier molecular flexibility index (Phi) is 6.99. The fraction of sp³-hybridized carbons (Fsp3) is 0.286. The second kappa shape index (κ2) is 9.42. The first-order valence-corrected chi connectivity index (χ1v) is 8.81. The van der Waals surface area contributed by atoms with Crippen LogP contribution in [0.5, 0.6) is 5.75 Å². The van der Waals surface area contributed by atoms with Crippen LogP contribution < -0.4 is 15.4 Å². The van der Waals surface area contributed by atoms with Gasteiger partial charge in [-0.25, -0.2) is 0 Å². The number of likely N-dealkylation sites (N-methyl/N-ethyl adjacent to an activating group) is 1. The second-order valence-electron chi connectivity index (χ2n) is 6.62. The van der Waals surface area contributed by atoms with Gasteiger partial charge >= 0.3 is 0 Å². The topological polar surface area (TPSA) is 94.5 Å². The molecule has 0 saturated carbocycles. The van der Waals surface area contributed by atoms with E-state index in [1.54, 1.807) is 45.3 Å². The average molecular weight is 380 g/mol. The summed E-state index contributed by atoms with van der Waals surface area (Å²) >= 11 is 0. The van der Waals surface area contributed by atoms with Gasteiger partial charge in [-0.05, 0) is 49.7 Å². The van der Waals surface area contributed by atoms with Crippen LogP contribution in [0.2, 0.25) is 0 Å². The molecule has 2 N–H and O–H groups in total. The minimum absolute atomic E-state index is 0.0906. The Morgan fingerprint density at radius 1 is 1.21 bits per heavy atom. The van der Waals surface area contributed by atoms with E-state index in [2.05, 4.69) is 10.6 Å². The molecule has 146 valence electrons. The third kappa shape index (κ3) is 5.74. The molecule has 2 aromatic carbocycles. The van der Waals surface area contributed by atoms with Crippen molar-refractivity contribution < 1.29 is 14.3 Å². The molecule has 1 atom stereocenters. The molecule has 0 fully saturated rings. The molecule has 2 aromatic rings. The van der Waals surface area contributed by atoms with Crippen molar-refractivity contribution in [3.05, 3.63) is 53.6 Å². The molecular formula is C21H24N4O3. The lowest BCUT2D eigenvalue weighted by Gasteiger charge is -2.19. The molecular weight excluding hydrogens is 356 g/mol. The van der Waals surface area contributed by atoms with E-state index < -0.39 is 6.04 Å². The van der Waals surface area contributed by atoms with Crippen molar-refractivity contribution >= 4 is 23.2 Å². The van der Waals surface area contributed by atoms with Crippen molar-refractivity contribution in [1.29, 1.82) is 5.26 Å². The molecule has 7 heteroatoms. The fourth-order valence-electron chi connectivity index (χ4n) is 2.35. The van der Waals surface area contributed by atoms with Crippen molar-refractivity contribution in [2.24, 2.45) is 0 Å². The zero-order valence-corrected chi connectivity index (χ0v) is 16.4. The summed E-state index contributed by atoms with van der Waals surface area (Å²) in [6.45, 7) is 3.55. The number of carbonyl (C=O) groups excluding carboxylic acids is 2. The molecule has 0 spiro atoms. The molecule has 0 aliphatic rings. The van der Waals surface area contributed by atoms with Crippen LogP contribution in [0.4, 0.5) is 11.4 Å². The highest BCUT2D eigenvalue weighted by atomic mass is 16.5. The van der Waals surface area contributed by atoms with Gasteiger partial charge < -0.3 is 20.3 Å². The molecule has 0 heterocycles. The highest BCUT2D eigenvalue weighted by molar-refractivity contribution is 5.96. The molecule has 0 saturated heterocycles. The number of nitrogens with zero attached hydrogens (tertiary/aromatic N) is 2. The van der Waals surface area contributed by atoms with Gasteiger partial charge in [0.05, 0.1) is 17.3 Å². The predicted molar refractivity (Wildman–Crippen MR) is 108 cm³/mol. The molecule has 0 radical (unpaired) electrons. The molecule has 1 unspecified atom stereocenters. The first-order valence-electron chi connectivity index (χ1n) is 8.81. The maximum atomic E-state index is 12.5. The lowest BCUT2D eigenvalue weighted by Crippen LogP contribution is -2.32. The third-order valence-electron chi connectivity index (χ3n) is 4.01. The molecule has 28 heavy (non-hydrogen) atoms. The van der Waals surface area contributed by atoms with Gasteiger partial charge in [0.15, 0.2) is 6.61 Å². The van der Waals surface area contributed by atoms with Crippen LogP contribution in [0.15, 0.2) is 42.5 Å². The van der Waals surface area contributed by atoms with E-state index in [1.165, 1.54) is 4.90 Å². The Labute approximate surface area is 164 Å². The molecule has 0 aromatic heterocycles. The van der Waals surface area contributed by atoms with E-state index in [4.69, 9.17) is 10.00 Å². The Bertz CT molecular complexity index is 903.